The van der Waals surface area contributed by atoms with E-state index in [2.05, 4.69) is 35.4 Å². The van der Waals surface area contributed by atoms with Crippen molar-refractivity contribution in [3.05, 3.63) is 40.9 Å². The SMILES string of the molecule is CC1(C)[C@H](NC(=O)/C(=N\OC(COc2ccc(C(N)CNC3=NCCN3)cc2)C(=O)O)c2csc(N)n2)C(=O)N1OS(=O)(=O)O. The minimum atomic E-state index is -5.02. The first-order valence-corrected chi connectivity index (χ1v) is 15.4. The van der Waals surface area contributed by atoms with Crippen LogP contribution in [0.2, 0.25) is 0 Å². The van der Waals surface area contributed by atoms with E-state index in [0.29, 0.717) is 29.9 Å². The van der Waals surface area contributed by atoms with Crippen molar-refractivity contribution < 1.29 is 46.3 Å². The highest BCUT2D eigenvalue weighted by molar-refractivity contribution is 7.80. The van der Waals surface area contributed by atoms with Crippen LogP contribution in [0.3, 0.4) is 0 Å². The van der Waals surface area contributed by atoms with Crippen LogP contribution in [-0.2, 0) is 33.9 Å². The molecule has 3 atom stereocenters. The van der Waals surface area contributed by atoms with E-state index >= 15 is 0 Å². The highest BCUT2D eigenvalue weighted by Gasteiger charge is 2.58. The van der Waals surface area contributed by atoms with E-state index < -0.39 is 58.2 Å². The number of carbonyl (C=O) groups excluding carboxylic acids is 2. The Morgan fingerprint density at radius 2 is 2.02 bits per heavy atom. The molecule has 45 heavy (non-hydrogen) atoms. The minimum absolute atomic E-state index is 0.0549. The maximum Gasteiger partial charge on any atom is 0.418 e. The number of aliphatic imine (C=N–C) groups is 1. The second-order valence-corrected chi connectivity index (χ2v) is 12.1. The van der Waals surface area contributed by atoms with Crippen LogP contribution in [0.5, 0.6) is 5.75 Å². The van der Waals surface area contributed by atoms with Crippen LogP contribution in [0, 0.1) is 0 Å². The Morgan fingerprint density at radius 1 is 1.31 bits per heavy atom. The van der Waals surface area contributed by atoms with Crippen molar-refractivity contribution in [1.29, 1.82) is 0 Å². The first-order valence-electron chi connectivity index (χ1n) is 13.2. The number of nitrogen functional groups attached to an aromatic ring is 1. The van der Waals surface area contributed by atoms with Crippen LogP contribution in [0.15, 0.2) is 39.8 Å². The van der Waals surface area contributed by atoms with Crippen LogP contribution in [0.25, 0.3) is 0 Å². The van der Waals surface area contributed by atoms with Crippen molar-refractivity contribution in [3.63, 3.8) is 0 Å². The van der Waals surface area contributed by atoms with Gasteiger partial charge < -0.3 is 42.1 Å². The van der Waals surface area contributed by atoms with E-state index in [1.807, 2.05) is 0 Å². The van der Waals surface area contributed by atoms with E-state index in [4.69, 9.17) is 25.6 Å². The molecule has 0 saturated carbocycles. The topological polar surface area (TPSA) is 282 Å². The zero-order chi connectivity index (χ0) is 32.9. The molecule has 21 heteroatoms. The number of amides is 2. The molecule has 0 aliphatic carbocycles. The summed E-state index contributed by atoms with van der Waals surface area (Å²) in [4.78, 5) is 50.9. The summed E-state index contributed by atoms with van der Waals surface area (Å²) in [5, 5.41) is 23.7. The number of guanidine groups is 1. The molecule has 1 aromatic carbocycles. The summed E-state index contributed by atoms with van der Waals surface area (Å²) in [6.45, 7) is 4.10. The molecule has 0 spiro atoms. The van der Waals surface area contributed by atoms with Crippen molar-refractivity contribution in [2.75, 3.05) is 32.0 Å². The average molecular weight is 670 g/mol. The van der Waals surface area contributed by atoms with Crippen LogP contribution >= 0.6 is 11.3 Å². The molecule has 0 radical (unpaired) electrons. The number of carbonyl (C=O) groups is 3. The van der Waals surface area contributed by atoms with Crippen molar-refractivity contribution in [3.8, 4) is 5.75 Å². The fraction of sp³-hybridized carbons (Fsp3) is 0.417. The van der Waals surface area contributed by atoms with Crippen LogP contribution < -0.4 is 32.2 Å². The molecule has 4 rings (SSSR count). The van der Waals surface area contributed by atoms with Crippen molar-refractivity contribution >= 4 is 56.3 Å². The van der Waals surface area contributed by atoms with Gasteiger partial charge in [0.2, 0.25) is 0 Å². The van der Waals surface area contributed by atoms with Gasteiger partial charge in [-0.25, -0.2) is 9.78 Å². The first-order chi connectivity index (χ1) is 21.2. The molecule has 2 amide bonds. The number of benzene rings is 1. The Bertz CT molecular complexity index is 1590. The number of hydrogen-bond acceptors (Lipinski definition) is 16. The highest BCUT2D eigenvalue weighted by Crippen LogP contribution is 2.33. The molecular formula is C24H31N9O10S2. The zero-order valence-corrected chi connectivity index (χ0v) is 25.5. The minimum Gasteiger partial charge on any atom is -0.489 e. The van der Waals surface area contributed by atoms with Gasteiger partial charge in [0.25, 0.3) is 17.9 Å². The molecule has 1 aromatic heterocycles. The number of nitrogens with two attached hydrogens (primary N) is 2. The second kappa shape index (κ2) is 13.6. The second-order valence-electron chi connectivity index (χ2n) is 10.2. The number of hydrogen-bond donors (Lipinski definition) is 7. The predicted molar refractivity (Wildman–Crippen MR) is 158 cm³/mol. The van der Waals surface area contributed by atoms with Crippen LogP contribution in [0.1, 0.15) is 31.1 Å². The Kier molecular flexibility index (Phi) is 10.1. The number of anilines is 1. The maximum atomic E-state index is 13.2. The third-order valence-electron chi connectivity index (χ3n) is 6.52. The predicted octanol–water partition coefficient (Wildman–Crippen LogP) is -1.63. The summed E-state index contributed by atoms with van der Waals surface area (Å²) in [6, 6.07) is 4.98. The molecule has 1 fully saturated rings. The van der Waals surface area contributed by atoms with Crippen molar-refractivity contribution in [2.24, 2.45) is 15.9 Å². The standard InChI is InChI=1S/C24H31N9O10S2/c1-24(2)18(20(35)33(24)43-45(38,39)40)31-19(34)17(15-11-44-22(26)30-15)32-42-16(21(36)37)10-41-13-5-3-12(4-6-13)14(25)9-29-23-27-7-8-28-23/h3-6,11,14,16,18H,7-10,25H2,1-2H3,(H2,26,30)(H,31,34)(H,36,37)(H2,27,28,29)(H,38,39,40)/b32-17-/t14?,16?,18-/m1/s1. The van der Waals surface area contributed by atoms with Crippen molar-refractivity contribution in [1.82, 2.24) is 26.0 Å². The summed E-state index contributed by atoms with van der Waals surface area (Å²) in [5.41, 5.74) is 10.6. The number of nitrogens with zero attached hydrogens (tertiary/aromatic N) is 4. The number of rotatable bonds is 14. The summed E-state index contributed by atoms with van der Waals surface area (Å²) in [6.07, 6.45) is -1.69. The largest absolute Gasteiger partial charge is 0.489 e. The lowest BCUT2D eigenvalue weighted by molar-refractivity contribution is -0.218. The number of ether oxygens (including phenoxy) is 1. The van der Waals surface area contributed by atoms with Gasteiger partial charge in [0.05, 0.1) is 12.1 Å². The molecule has 2 aromatic rings. The van der Waals surface area contributed by atoms with Gasteiger partial charge >= 0.3 is 16.4 Å². The highest BCUT2D eigenvalue weighted by atomic mass is 32.3. The van der Waals surface area contributed by atoms with Crippen molar-refractivity contribution in [2.45, 2.75) is 37.6 Å². The van der Waals surface area contributed by atoms with E-state index in [1.54, 1.807) is 24.3 Å². The van der Waals surface area contributed by atoms with Crippen LogP contribution in [0.4, 0.5) is 5.13 Å². The number of aromatic nitrogens is 1. The fourth-order valence-corrected chi connectivity index (χ4v) is 5.11. The Balaban J connectivity index is 1.40. The number of nitrogens with one attached hydrogen (secondary N) is 3. The molecule has 2 unspecified atom stereocenters. The van der Waals surface area contributed by atoms with Gasteiger partial charge in [0, 0.05) is 24.5 Å². The fourth-order valence-electron chi connectivity index (χ4n) is 4.11. The van der Waals surface area contributed by atoms with Gasteiger partial charge in [-0.3, -0.25) is 19.1 Å². The molecule has 19 nitrogen and oxygen atoms in total. The molecule has 1 saturated heterocycles. The van der Waals surface area contributed by atoms with Gasteiger partial charge in [-0.15, -0.1) is 15.6 Å². The monoisotopic (exact) mass is 669 g/mol. The smallest absolute Gasteiger partial charge is 0.418 e. The van der Waals surface area contributed by atoms with Gasteiger partial charge in [0.1, 0.15) is 24.1 Å². The molecule has 9 N–H and O–H groups in total. The van der Waals surface area contributed by atoms with Gasteiger partial charge in [-0.05, 0) is 31.5 Å². The summed E-state index contributed by atoms with van der Waals surface area (Å²) >= 11 is 0.954. The van der Waals surface area contributed by atoms with Gasteiger partial charge in [-0.2, -0.15) is 13.5 Å². The number of carboxylic acid groups (broad SMARTS) is 1. The lowest BCUT2D eigenvalue weighted by atomic mass is 9.84. The summed E-state index contributed by atoms with van der Waals surface area (Å²) in [5.74, 6) is -2.49. The molecule has 2 aliphatic heterocycles. The Labute approximate surface area is 260 Å². The molecule has 3 heterocycles. The summed E-state index contributed by atoms with van der Waals surface area (Å²) in [7, 11) is -5.02. The van der Waals surface area contributed by atoms with Gasteiger partial charge in [0.15, 0.2) is 16.8 Å². The number of carboxylic acids is 1. The number of oxime groups is 1. The van der Waals surface area contributed by atoms with E-state index in [1.165, 1.54) is 19.2 Å². The normalized spacial score (nSPS) is 19.1. The Hall–Kier alpha value is -4.57. The number of thiazole rings is 1. The zero-order valence-electron chi connectivity index (χ0n) is 23.9. The van der Waals surface area contributed by atoms with Crippen LogP contribution in [-0.4, -0.2) is 102 Å². The molecule has 244 valence electrons. The lowest BCUT2D eigenvalue weighted by Crippen LogP contribution is -2.76. The average Bonchev–Trinajstić information content (AvgIpc) is 3.66. The molecule has 2 aliphatic rings. The summed E-state index contributed by atoms with van der Waals surface area (Å²) < 4.78 is 40.9. The van der Waals surface area contributed by atoms with E-state index in [9.17, 15) is 27.9 Å². The van der Waals surface area contributed by atoms with Gasteiger partial charge in [-0.1, -0.05) is 17.3 Å². The third kappa shape index (κ3) is 8.33. The number of β-lactam (4-membered cyclic amide) rings is 1. The number of aliphatic carboxylic acids is 1. The quantitative estimate of drug-likeness (QED) is 0.0514. The van der Waals surface area contributed by atoms with E-state index in [-0.39, 0.29) is 16.9 Å². The number of hydroxylamine groups is 2. The third-order valence-corrected chi connectivity index (χ3v) is 7.53. The lowest BCUT2D eigenvalue weighted by Gasteiger charge is -2.50. The van der Waals surface area contributed by atoms with E-state index in [0.717, 1.165) is 23.4 Å². The molecule has 0 bridgehead atoms. The first kappa shape index (κ1) is 33.3. The maximum absolute atomic E-state index is 13.2. The molecular weight excluding hydrogens is 638 g/mol. The Morgan fingerprint density at radius 3 is 2.58 bits per heavy atom.